The van der Waals surface area contributed by atoms with E-state index >= 15 is 0 Å². The van der Waals surface area contributed by atoms with Gasteiger partial charge in [0.1, 0.15) is 0 Å². The Balaban J connectivity index is 2.29. The van der Waals surface area contributed by atoms with Gasteiger partial charge in [0.25, 0.3) is 5.91 Å². The van der Waals surface area contributed by atoms with Crippen LogP contribution in [0.15, 0.2) is 54.6 Å². The Labute approximate surface area is 112 Å². The second-order valence-corrected chi connectivity index (χ2v) is 4.14. The van der Waals surface area contributed by atoms with E-state index < -0.39 is 0 Å². The quantitative estimate of drug-likeness (QED) is 0.851. The number of carbonyl (C=O) groups excluding carboxylic acids is 2. The molecular formula is C16H15NO2. The van der Waals surface area contributed by atoms with Gasteiger partial charge in [-0.25, -0.2) is 0 Å². The molecule has 0 spiro atoms. The van der Waals surface area contributed by atoms with Crippen LogP contribution in [-0.4, -0.2) is 18.2 Å². The van der Waals surface area contributed by atoms with Gasteiger partial charge in [-0.1, -0.05) is 42.5 Å². The largest absolute Gasteiger partial charge is 0.352 e. The normalized spacial score (nSPS) is 9.95. The minimum atomic E-state index is -0.162. The summed E-state index contributed by atoms with van der Waals surface area (Å²) < 4.78 is 0. The van der Waals surface area contributed by atoms with Crippen LogP contribution in [0.1, 0.15) is 33.2 Å². The lowest BCUT2D eigenvalue weighted by Gasteiger charge is -2.05. The molecule has 0 aliphatic rings. The molecule has 19 heavy (non-hydrogen) atoms. The predicted molar refractivity (Wildman–Crippen MR) is 74.3 cm³/mol. The molecule has 2 rings (SSSR count). The van der Waals surface area contributed by atoms with Crippen molar-refractivity contribution in [3.8, 4) is 0 Å². The number of hydrogen-bond acceptors (Lipinski definition) is 2. The molecule has 96 valence electrons. The molecule has 3 heteroatoms. The van der Waals surface area contributed by atoms with Crippen LogP contribution in [0.4, 0.5) is 0 Å². The lowest BCUT2D eigenvalue weighted by atomic mass is 10.0. The molecule has 1 amide bonds. The molecule has 0 unspecified atom stereocenters. The van der Waals surface area contributed by atoms with Gasteiger partial charge in [0.2, 0.25) is 0 Å². The van der Waals surface area contributed by atoms with Crippen LogP contribution in [-0.2, 0) is 0 Å². The Kier molecular flexibility index (Phi) is 4.08. The SMILES string of the molecule is CCNC(=O)c1cccc(C(=O)c2ccccc2)c1. The molecule has 1 N–H and O–H groups in total. The summed E-state index contributed by atoms with van der Waals surface area (Å²) in [5.41, 5.74) is 1.65. The lowest BCUT2D eigenvalue weighted by molar-refractivity contribution is 0.0956. The maximum atomic E-state index is 12.2. The molecule has 0 aliphatic carbocycles. The zero-order valence-electron chi connectivity index (χ0n) is 10.7. The highest BCUT2D eigenvalue weighted by Gasteiger charge is 2.11. The van der Waals surface area contributed by atoms with E-state index in [1.165, 1.54) is 0 Å². The number of rotatable bonds is 4. The van der Waals surface area contributed by atoms with Crippen LogP contribution in [0.5, 0.6) is 0 Å². The van der Waals surface area contributed by atoms with Crippen molar-refractivity contribution in [3.63, 3.8) is 0 Å². The number of nitrogens with one attached hydrogen (secondary N) is 1. The molecule has 0 saturated carbocycles. The van der Waals surface area contributed by atoms with Crippen LogP contribution in [0.3, 0.4) is 0 Å². The zero-order chi connectivity index (χ0) is 13.7. The van der Waals surface area contributed by atoms with E-state index in [0.717, 1.165) is 0 Å². The molecule has 3 nitrogen and oxygen atoms in total. The fourth-order valence-corrected chi connectivity index (χ4v) is 1.82. The van der Waals surface area contributed by atoms with Crippen LogP contribution in [0.2, 0.25) is 0 Å². The van der Waals surface area contributed by atoms with Gasteiger partial charge in [-0.3, -0.25) is 9.59 Å². The summed E-state index contributed by atoms with van der Waals surface area (Å²) in [4.78, 5) is 24.0. The summed E-state index contributed by atoms with van der Waals surface area (Å²) in [5, 5.41) is 2.72. The fraction of sp³-hybridized carbons (Fsp3) is 0.125. The standard InChI is InChI=1S/C16H15NO2/c1-2-17-16(19)14-10-6-9-13(11-14)15(18)12-7-4-3-5-8-12/h3-11H,2H2,1H3,(H,17,19). The van der Waals surface area contributed by atoms with Gasteiger partial charge < -0.3 is 5.32 Å². The Hall–Kier alpha value is -2.42. The van der Waals surface area contributed by atoms with Gasteiger partial charge in [0, 0.05) is 23.2 Å². The maximum Gasteiger partial charge on any atom is 0.251 e. The van der Waals surface area contributed by atoms with E-state index in [0.29, 0.717) is 23.2 Å². The Morgan fingerprint density at radius 3 is 2.21 bits per heavy atom. The molecular weight excluding hydrogens is 238 g/mol. The van der Waals surface area contributed by atoms with E-state index in [2.05, 4.69) is 5.32 Å². The first-order valence-electron chi connectivity index (χ1n) is 6.20. The third kappa shape index (κ3) is 3.07. The predicted octanol–water partition coefficient (Wildman–Crippen LogP) is 2.67. The molecule has 0 saturated heterocycles. The van der Waals surface area contributed by atoms with Crippen LogP contribution < -0.4 is 5.32 Å². The van der Waals surface area contributed by atoms with Crippen molar-refractivity contribution in [3.05, 3.63) is 71.3 Å². The number of carbonyl (C=O) groups is 2. The van der Waals surface area contributed by atoms with Crippen molar-refractivity contribution in [2.75, 3.05) is 6.54 Å². The summed E-state index contributed by atoms with van der Waals surface area (Å²) in [6.07, 6.45) is 0. The summed E-state index contributed by atoms with van der Waals surface area (Å²) in [6.45, 7) is 2.42. The van der Waals surface area contributed by atoms with E-state index in [1.807, 2.05) is 25.1 Å². The molecule has 2 aromatic rings. The molecule has 2 aromatic carbocycles. The monoisotopic (exact) mass is 253 g/mol. The molecule has 0 bridgehead atoms. The van der Waals surface area contributed by atoms with Crippen molar-refractivity contribution >= 4 is 11.7 Å². The van der Waals surface area contributed by atoms with Gasteiger partial charge >= 0.3 is 0 Å². The fourth-order valence-electron chi connectivity index (χ4n) is 1.82. The summed E-state index contributed by atoms with van der Waals surface area (Å²) in [7, 11) is 0. The lowest BCUT2D eigenvalue weighted by Crippen LogP contribution is -2.22. The van der Waals surface area contributed by atoms with Crippen molar-refractivity contribution in [2.45, 2.75) is 6.92 Å². The van der Waals surface area contributed by atoms with Gasteiger partial charge in [0.05, 0.1) is 0 Å². The smallest absolute Gasteiger partial charge is 0.251 e. The van der Waals surface area contributed by atoms with Crippen LogP contribution in [0.25, 0.3) is 0 Å². The highest BCUT2D eigenvalue weighted by atomic mass is 16.1. The van der Waals surface area contributed by atoms with Gasteiger partial charge in [-0.15, -0.1) is 0 Å². The minimum absolute atomic E-state index is 0.0771. The van der Waals surface area contributed by atoms with E-state index in [-0.39, 0.29) is 11.7 Å². The Morgan fingerprint density at radius 1 is 0.895 bits per heavy atom. The molecule has 0 radical (unpaired) electrons. The van der Waals surface area contributed by atoms with Crippen LogP contribution >= 0.6 is 0 Å². The minimum Gasteiger partial charge on any atom is -0.352 e. The number of ketones is 1. The first kappa shape index (κ1) is 13.0. The molecule has 0 atom stereocenters. The van der Waals surface area contributed by atoms with Crippen molar-refractivity contribution in [2.24, 2.45) is 0 Å². The Bertz CT molecular complexity index is 591. The number of amides is 1. The van der Waals surface area contributed by atoms with E-state index in [9.17, 15) is 9.59 Å². The first-order chi connectivity index (χ1) is 9.22. The highest BCUT2D eigenvalue weighted by Crippen LogP contribution is 2.11. The first-order valence-corrected chi connectivity index (χ1v) is 6.20. The molecule has 0 aromatic heterocycles. The molecule has 0 aliphatic heterocycles. The highest BCUT2D eigenvalue weighted by molar-refractivity contribution is 6.10. The maximum absolute atomic E-state index is 12.2. The summed E-state index contributed by atoms with van der Waals surface area (Å²) >= 11 is 0. The molecule has 0 heterocycles. The zero-order valence-corrected chi connectivity index (χ0v) is 10.7. The van der Waals surface area contributed by atoms with Gasteiger partial charge in [0.15, 0.2) is 5.78 Å². The van der Waals surface area contributed by atoms with Gasteiger partial charge in [-0.2, -0.15) is 0 Å². The average molecular weight is 253 g/mol. The third-order valence-electron chi connectivity index (χ3n) is 2.76. The van der Waals surface area contributed by atoms with Gasteiger partial charge in [-0.05, 0) is 19.1 Å². The van der Waals surface area contributed by atoms with E-state index in [1.54, 1.807) is 36.4 Å². The van der Waals surface area contributed by atoms with Crippen LogP contribution in [0, 0.1) is 0 Å². The third-order valence-corrected chi connectivity index (χ3v) is 2.76. The second kappa shape index (κ2) is 5.96. The van der Waals surface area contributed by atoms with Crippen molar-refractivity contribution in [1.29, 1.82) is 0 Å². The summed E-state index contributed by atoms with van der Waals surface area (Å²) in [5.74, 6) is -0.239. The number of benzene rings is 2. The summed E-state index contributed by atoms with van der Waals surface area (Å²) in [6, 6.07) is 15.8. The average Bonchev–Trinajstić information content (AvgIpc) is 2.48. The van der Waals surface area contributed by atoms with Crippen molar-refractivity contribution in [1.82, 2.24) is 5.32 Å². The molecule has 0 fully saturated rings. The Morgan fingerprint density at radius 2 is 1.53 bits per heavy atom. The topological polar surface area (TPSA) is 46.2 Å². The van der Waals surface area contributed by atoms with E-state index in [4.69, 9.17) is 0 Å². The van der Waals surface area contributed by atoms with Crippen molar-refractivity contribution < 1.29 is 9.59 Å². The number of hydrogen-bond donors (Lipinski definition) is 1. The second-order valence-electron chi connectivity index (χ2n) is 4.14.